The maximum Gasteiger partial charge on any atom is 0.472 e. The molecular formula is C62H90N13O14P. The van der Waals surface area contributed by atoms with Crippen LogP contribution in [0.4, 0.5) is 0 Å². The molecule has 8 bridgehead atoms. The van der Waals surface area contributed by atoms with Crippen molar-refractivity contribution in [1.29, 1.82) is 0 Å². The molecule has 8 rings (SSSR count). The summed E-state index contributed by atoms with van der Waals surface area (Å²) in [6, 6.07) is 2.87. The van der Waals surface area contributed by atoms with Gasteiger partial charge in [0, 0.05) is 131 Å². The van der Waals surface area contributed by atoms with E-state index < -0.39 is 132 Å². The molecule has 15 atom stereocenters. The molecule has 90 heavy (non-hydrogen) atoms. The van der Waals surface area contributed by atoms with Crippen LogP contribution in [0, 0.1) is 59.2 Å². The van der Waals surface area contributed by atoms with Crippen molar-refractivity contribution in [2.75, 3.05) is 26.2 Å². The van der Waals surface area contributed by atoms with Crippen LogP contribution >= 0.6 is 7.82 Å². The minimum atomic E-state index is -5.05. The van der Waals surface area contributed by atoms with E-state index in [9.17, 15) is 53.2 Å². The third-order valence-corrected chi connectivity index (χ3v) is 21.7. The summed E-state index contributed by atoms with van der Waals surface area (Å²) < 4.78 is 32.3. The van der Waals surface area contributed by atoms with Crippen LogP contribution in [-0.4, -0.2) is 146 Å². The highest BCUT2D eigenvalue weighted by atomic mass is 31.2. The topological polar surface area (TPSA) is 432 Å². The number of carbonyl (C=O) groups excluding carboxylic acids is 7. The molecule has 1 aromatic carbocycles. The maximum atomic E-state index is 14.4. The normalized spacial score (nSPS) is 32.0. The number of nitrogens with one attached hydrogen (secondary N) is 4. The number of rotatable bonds is 28. The number of benzene rings is 1. The number of nitrogens with two attached hydrogens (primary N) is 4. The molecule has 2 fully saturated rings. The second kappa shape index (κ2) is 26.3. The summed E-state index contributed by atoms with van der Waals surface area (Å²) in [4.78, 5) is 124. The number of ether oxygens (including phenoxy) is 1. The molecule has 15 N–H and O–H groups in total. The molecule has 0 saturated carbocycles. The fourth-order valence-electron chi connectivity index (χ4n) is 15.3. The van der Waals surface area contributed by atoms with Crippen LogP contribution in [0.2, 0.25) is 0 Å². The standard InChI is InChI=1S/C62H90N13O14P/c1-31-20-41-42(21-32(31)2)75(28-70-41)57-52(84)53(43(26-76)87-57)89-90(85,86)88-33(3)24-69-49(83)18-19-59(8)39(25-67-29-77)56-62(11)61(10,27-68-30-78)38(14-17-47(65)81)51(74-62)35(5)55-60(9,23-48(66)82)36(12-15-45(63)79)40(71-55)22-44-58(6,7)37(13-16-46(64)80)50(72-44)34(4)54(59)73-56/h20-22,28-30,33,36-39,43,52-53,56-57,71,76,84H,12-19,23-27H2,1-11H3,(H2,63,79)(H2,64,80)(H2,65,81)(H2,66,82)(H,67,77)(H,68,78)(H,69,83)(H,85,86)/t33-,36-,37-,38-,39+,43-,52?,53?,56-,57?,59-,60+,61+,62+/m1/s1. The molecule has 4 unspecified atom stereocenters. The number of aromatic nitrogens is 2. The van der Waals surface area contributed by atoms with Crippen LogP contribution in [0.15, 0.2) is 67.8 Å². The molecule has 28 heteroatoms. The third kappa shape index (κ3) is 13.0. The van der Waals surface area contributed by atoms with E-state index in [1.807, 2.05) is 87.4 Å². The highest BCUT2D eigenvalue weighted by molar-refractivity contribution is 7.47. The fourth-order valence-corrected chi connectivity index (χ4v) is 16.4. The molecule has 1 aromatic heterocycles. The molecule has 2 saturated heterocycles. The zero-order valence-corrected chi connectivity index (χ0v) is 54.1. The number of phosphoric acid groups is 1. The van der Waals surface area contributed by atoms with E-state index in [4.69, 9.17) is 51.7 Å². The van der Waals surface area contributed by atoms with E-state index in [2.05, 4.69) is 26.3 Å². The second-order valence-corrected chi connectivity index (χ2v) is 28.2. The van der Waals surface area contributed by atoms with Crippen LogP contribution in [0.1, 0.15) is 137 Å². The Morgan fingerprint density at radius 3 is 2.09 bits per heavy atom. The smallest absolute Gasteiger partial charge is 0.394 e. The molecule has 7 heterocycles. The first-order chi connectivity index (χ1) is 42.1. The highest BCUT2D eigenvalue weighted by Crippen LogP contribution is 2.61. The lowest BCUT2D eigenvalue weighted by molar-refractivity contribution is -0.122. The van der Waals surface area contributed by atoms with Crippen molar-refractivity contribution in [2.45, 2.75) is 176 Å². The molecule has 0 aliphatic carbocycles. The average Bonchev–Trinajstić information content (AvgIpc) is 1.55. The largest absolute Gasteiger partial charge is 0.472 e. The first kappa shape index (κ1) is 68.9. The zero-order valence-electron chi connectivity index (χ0n) is 53.3. The average molecular weight is 1270 g/mol. The summed E-state index contributed by atoms with van der Waals surface area (Å²) in [7, 11) is -5.05. The van der Waals surface area contributed by atoms with Gasteiger partial charge in [0.1, 0.15) is 18.3 Å². The number of carbonyl (C=O) groups is 7. The van der Waals surface area contributed by atoms with Gasteiger partial charge in [-0.05, 0) is 108 Å². The lowest BCUT2D eigenvalue weighted by Crippen LogP contribution is -2.59. The van der Waals surface area contributed by atoms with Gasteiger partial charge in [-0.3, -0.25) is 57.6 Å². The molecule has 0 radical (unpaired) electrons. The highest BCUT2D eigenvalue weighted by Gasteiger charge is 2.66. The van der Waals surface area contributed by atoms with Crippen molar-refractivity contribution in [2.24, 2.45) is 83.2 Å². The molecule has 492 valence electrons. The number of aliphatic hydroxyl groups is 2. The number of aliphatic hydroxyl groups excluding tert-OH is 2. The quantitative estimate of drug-likeness (QED) is 0.0431. The molecule has 27 nitrogen and oxygen atoms in total. The van der Waals surface area contributed by atoms with Gasteiger partial charge in [0.15, 0.2) is 6.23 Å². The number of hydrogen-bond donors (Lipinski definition) is 11. The van der Waals surface area contributed by atoms with Crippen LogP contribution in [0.5, 0.6) is 0 Å². The Morgan fingerprint density at radius 2 is 1.48 bits per heavy atom. The summed E-state index contributed by atoms with van der Waals surface area (Å²) in [6.45, 7) is 19.8. The van der Waals surface area contributed by atoms with E-state index in [0.29, 0.717) is 69.2 Å². The zero-order chi connectivity index (χ0) is 66.4. The van der Waals surface area contributed by atoms with E-state index in [1.54, 1.807) is 4.57 Å². The Bertz CT molecular complexity index is 3470. The van der Waals surface area contributed by atoms with Gasteiger partial charge in [0.2, 0.25) is 42.4 Å². The number of aryl methyl sites for hydroxylation is 2. The van der Waals surface area contributed by atoms with Gasteiger partial charge >= 0.3 is 7.82 Å². The molecule has 0 spiro atoms. The number of fused-ring (bicyclic) bond motifs is 7. The molecule has 6 aliphatic rings. The van der Waals surface area contributed by atoms with E-state index >= 15 is 0 Å². The number of phosphoric ester groups is 1. The van der Waals surface area contributed by atoms with Gasteiger partial charge in [-0.25, -0.2) is 9.55 Å². The van der Waals surface area contributed by atoms with Crippen LogP contribution in [-0.2, 0) is 51.9 Å². The lowest BCUT2D eigenvalue weighted by atomic mass is 9.57. The minimum Gasteiger partial charge on any atom is -0.394 e. The van der Waals surface area contributed by atoms with E-state index in [1.165, 1.54) is 13.3 Å². The van der Waals surface area contributed by atoms with Gasteiger partial charge in [0.25, 0.3) is 0 Å². The second-order valence-electron chi connectivity index (χ2n) is 26.8. The van der Waals surface area contributed by atoms with Gasteiger partial charge in [0.05, 0.1) is 41.7 Å². The maximum absolute atomic E-state index is 14.4. The van der Waals surface area contributed by atoms with Crippen molar-refractivity contribution in [3.05, 3.63) is 63.9 Å². The Kier molecular flexibility index (Phi) is 20.1. The summed E-state index contributed by atoms with van der Waals surface area (Å²) in [5, 5.41) is 34.1. The Morgan fingerprint density at radius 1 is 0.856 bits per heavy atom. The van der Waals surface area contributed by atoms with Gasteiger partial charge < -0.3 is 68.6 Å². The third-order valence-electron chi connectivity index (χ3n) is 20.6. The monoisotopic (exact) mass is 1270 g/mol. The number of imidazole rings is 1. The molecule has 7 amide bonds. The summed E-state index contributed by atoms with van der Waals surface area (Å²) in [6.07, 6.45) is -1.94. The van der Waals surface area contributed by atoms with Crippen LogP contribution in [0.25, 0.3) is 11.0 Å². The lowest BCUT2D eigenvalue weighted by Gasteiger charge is -2.48. The predicted molar refractivity (Wildman–Crippen MR) is 334 cm³/mol. The number of hydrogen-bond acceptors (Lipinski definition) is 18. The Hall–Kier alpha value is -7.00. The molecule has 2 aromatic rings. The first-order valence-electron chi connectivity index (χ1n) is 30.6. The van der Waals surface area contributed by atoms with Gasteiger partial charge in [-0.15, -0.1) is 0 Å². The Labute approximate surface area is 523 Å². The summed E-state index contributed by atoms with van der Waals surface area (Å²) in [5.41, 5.74) is 26.0. The summed E-state index contributed by atoms with van der Waals surface area (Å²) >= 11 is 0. The first-order valence-corrected chi connectivity index (χ1v) is 32.1. The number of nitrogens with zero attached hydrogens (tertiary/aromatic N) is 5. The van der Waals surface area contributed by atoms with Gasteiger partial charge in [-0.1, -0.05) is 34.6 Å². The number of amides is 7. The van der Waals surface area contributed by atoms with Crippen molar-refractivity contribution in [3.8, 4) is 0 Å². The Balaban J connectivity index is 1.19. The number of aliphatic imine (C=N–C) groups is 3. The molecule has 6 aliphatic heterocycles. The van der Waals surface area contributed by atoms with Gasteiger partial charge in [-0.2, -0.15) is 0 Å². The fraction of sp³-hybridized carbons (Fsp3) is 0.629. The van der Waals surface area contributed by atoms with Crippen LogP contribution in [0.3, 0.4) is 0 Å². The molecular weight excluding hydrogens is 1180 g/mol. The van der Waals surface area contributed by atoms with Crippen molar-refractivity contribution in [1.82, 2.24) is 30.8 Å². The number of primary amides is 4. The van der Waals surface area contributed by atoms with Crippen molar-refractivity contribution < 1.29 is 67.0 Å². The summed E-state index contributed by atoms with van der Waals surface area (Å²) in [5.74, 6) is -5.18. The van der Waals surface area contributed by atoms with E-state index in [0.717, 1.165) is 11.1 Å². The minimum absolute atomic E-state index is 0.00186. The van der Waals surface area contributed by atoms with Crippen molar-refractivity contribution in [3.63, 3.8) is 0 Å². The number of allylic oxidation sites excluding steroid dienone is 6. The van der Waals surface area contributed by atoms with Crippen LogP contribution < -0.4 is 44.2 Å². The predicted octanol–water partition coefficient (Wildman–Crippen LogP) is 2.90. The SMILES string of the molecule is CC1=C2N=C(C=C3NC(=C(C)C4=N[C@@](C)([C@@H]5N=C1[C@](C)(CCC(=O)NC[C@@H](C)OP(=O)(O)OC1C(O)C(n6cnc7cc(C)c(C)cc76)O[C@@H]1CO)[C@H]5CNC=O)[C@@](C)(CNC=O)[C@@H]4CCC(N)=O)[C@@](C)(CC(N)=O)[C@@H]3CCC(N)=O)C(C)(C)[C@@H]2CCC(N)=O. The van der Waals surface area contributed by atoms with E-state index in [-0.39, 0.29) is 77.4 Å². The van der Waals surface area contributed by atoms with Crippen molar-refractivity contribution >= 4 is 78.3 Å².